The fraction of sp³-hybridized carbons (Fsp3) is 0.429. The van der Waals surface area contributed by atoms with E-state index in [1.165, 1.54) is 0 Å². The Balaban J connectivity index is 3.10. The van der Waals surface area contributed by atoms with Crippen LogP contribution in [0.5, 0.6) is 0 Å². The zero-order valence-corrected chi connectivity index (χ0v) is 8.57. The van der Waals surface area contributed by atoms with Gasteiger partial charge in [-0.05, 0) is 36.4 Å². The minimum atomic E-state index is 0.315. The Morgan fingerprint density at radius 3 is 2.64 bits per heavy atom. The molecule has 0 saturated heterocycles. The molecule has 11 heavy (non-hydrogen) atoms. The van der Waals surface area contributed by atoms with Gasteiger partial charge in [0, 0.05) is 6.04 Å². The summed E-state index contributed by atoms with van der Waals surface area (Å²) in [5.41, 5.74) is 0.666. The van der Waals surface area contributed by atoms with Crippen molar-refractivity contribution in [1.82, 2.24) is 9.78 Å². The van der Waals surface area contributed by atoms with Crippen LogP contribution in [0.4, 0.5) is 0 Å². The lowest BCUT2D eigenvalue weighted by Crippen LogP contribution is -2.04. The van der Waals surface area contributed by atoms with Crippen LogP contribution in [0.2, 0.25) is 0 Å². The van der Waals surface area contributed by atoms with Crippen LogP contribution in [0.25, 0.3) is 0 Å². The first-order valence-electron chi connectivity index (χ1n) is 3.35. The molecule has 1 heterocycles. The standard InChI is InChI=1S/C7H9IN2O/c1-5(2)10-7(8)6(4-11)3-9-10/h3-5H,1-2H3. The molecule has 0 spiro atoms. The summed E-state index contributed by atoms with van der Waals surface area (Å²) in [5, 5.41) is 4.06. The first kappa shape index (κ1) is 8.70. The van der Waals surface area contributed by atoms with E-state index in [1.54, 1.807) is 6.20 Å². The van der Waals surface area contributed by atoms with E-state index >= 15 is 0 Å². The predicted octanol–water partition coefficient (Wildman–Crippen LogP) is 1.88. The van der Waals surface area contributed by atoms with E-state index in [0.717, 1.165) is 9.99 Å². The summed E-state index contributed by atoms with van der Waals surface area (Å²) in [6.45, 7) is 4.06. The summed E-state index contributed by atoms with van der Waals surface area (Å²) < 4.78 is 2.73. The summed E-state index contributed by atoms with van der Waals surface area (Å²) >= 11 is 2.12. The van der Waals surface area contributed by atoms with E-state index in [9.17, 15) is 4.79 Å². The molecule has 0 unspecified atom stereocenters. The highest BCUT2D eigenvalue weighted by molar-refractivity contribution is 14.1. The van der Waals surface area contributed by atoms with Crippen molar-refractivity contribution in [1.29, 1.82) is 0 Å². The van der Waals surface area contributed by atoms with Crippen LogP contribution >= 0.6 is 22.6 Å². The third-order valence-electron chi connectivity index (χ3n) is 1.38. The molecule has 4 heteroatoms. The molecule has 0 aliphatic rings. The van der Waals surface area contributed by atoms with Crippen LogP contribution < -0.4 is 0 Å². The van der Waals surface area contributed by atoms with Crippen molar-refractivity contribution in [2.75, 3.05) is 0 Å². The number of halogens is 1. The highest BCUT2D eigenvalue weighted by Gasteiger charge is 2.08. The van der Waals surface area contributed by atoms with Gasteiger partial charge in [0.1, 0.15) is 3.70 Å². The van der Waals surface area contributed by atoms with Gasteiger partial charge in [-0.25, -0.2) is 0 Å². The topological polar surface area (TPSA) is 34.9 Å². The molecule has 0 radical (unpaired) electrons. The lowest BCUT2D eigenvalue weighted by Gasteiger charge is -2.05. The molecule has 1 rings (SSSR count). The molecule has 3 nitrogen and oxygen atoms in total. The number of carbonyl (C=O) groups excluding carboxylic acids is 1. The Labute approximate surface area is 78.9 Å². The van der Waals surface area contributed by atoms with Crippen LogP contribution in [-0.2, 0) is 0 Å². The van der Waals surface area contributed by atoms with Gasteiger partial charge in [-0.1, -0.05) is 0 Å². The number of aromatic nitrogens is 2. The largest absolute Gasteiger partial charge is 0.298 e. The van der Waals surface area contributed by atoms with Gasteiger partial charge in [-0.15, -0.1) is 0 Å². The first-order chi connectivity index (χ1) is 5.16. The Kier molecular flexibility index (Phi) is 2.64. The summed E-state index contributed by atoms with van der Waals surface area (Å²) in [7, 11) is 0. The lowest BCUT2D eigenvalue weighted by molar-refractivity contribution is 0.112. The molecule has 1 aromatic rings. The summed E-state index contributed by atoms with van der Waals surface area (Å²) in [5.74, 6) is 0. The molecule has 0 aliphatic heterocycles. The Morgan fingerprint density at radius 1 is 1.73 bits per heavy atom. The van der Waals surface area contributed by atoms with Gasteiger partial charge in [0.25, 0.3) is 0 Å². The van der Waals surface area contributed by atoms with Crippen LogP contribution in [0.15, 0.2) is 6.20 Å². The second-order valence-corrected chi connectivity index (χ2v) is 3.57. The van der Waals surface area contributed by atoms with E-state index in [4.69, 9.17) is 0 Å². The molecule has 0 aromatic carbocycles. The minimum absolute atomic E-state index is 0.315. The van der Waals surface area contributed by atoms with Gasteiger partial charge in [0.05, 0.1) is 11.8 Å². The fourth-order valence-corrected chi connectivity index (χ4v) is 1.75. The van der Waals surface area contributed by atoms with E-state index < -0.39 is 0 Å². The maximum Gasteiger partial charge on any atom is 0.154 e. The smallest absolute Gasteiger partial charge is 0.154 e. The van der Waals surface area contributed by atoms with E-state index in [1.807, 2.05) is 18.5 Å². The quantitative estimate of drug-likeness (QED) is 0.603. The number of hydrogen-bond acceptors (Lipinski definition) is 2. The zero-order valence-electron chi connectivity index (χ0n) is 6.41. The number of carbonyl (C=O) groups is 1. The predicted molar refractivity (Wildman–Crippen MR) is 50.7 cm³/mol. The molecule has 0 amide bonds. The number of hydrogen-bond donors (Lipinski definition) is 0. The van der Waals surface area contributed by atoms with Crippen molar-refractivity contribution in [2.24, 2.45) is 0 Å². The average molecular weight is 264 g/mol. The normalized spacial score (nSPS) is 10.5. The number of nitrogens with zero attached hydrogens (tertiary/aromatic N) is 2. The molecule has 0 saturated carbocycles. The van der Waals surface area contributed by atoms with Crippen molar-refractivity contribution in [3.05, 3.63) is 15.5 Å². The van der Waals surface area contributed by atoms with E-state index in [0.29, 0.717) is 11.6 Å². The van der Waals surface area contributed by atoms with Gasteiger partial charge in [0.2, 0.25) is 0 Å². The lowest BCUT2D eigenvalue weighted by atomic mass is 10.4. The Morgan fingerprint density at radius 2 is 2.36 bits per heavy atom. The molecular weight excluding hydrogens is 255 g/mol. The molecule has 0 aliphatic carbocycles. The second-order valence-electron chi connectivity index (χ2n) is 2.55. The molecule has 0 N–H and O–H groups in total. The van der Waals surface area contributed by atoms with Crippen molar-refractivity contribution in [2.45, 2.75) is 19.9 Å². The van der Waals surface area contributed by atoms with Crippen LogP contribution in [-0.4, -0.2) is 16.1 Å². The zero-order chi connectivity index (χ0) is 8.43. The minimum Gasteiger partial charge on any atom is -0.298 e. The highest BCUT2D eigenvalue weighted by atomic mass is 127. The highest BCUT2D eigenvalue weighted by Crippen LogP contribution is 2.13. The van der Waals surface area contributed by atoms with Gasteiger partial charge in [-0.2, -0.15) is 5.10 Å². The molecule has 0 atom stereocenters. The Bertz CT molecular complexity index is 267. The summed E-state index contributed by atoms with van der Waals surface area (Å²) in [6, 6.07) is 0.315. The second kappa shape index (κ2) is 3.34. The molecule has 60 valence electrons. The van der Waals surface area contributed by atoms with Crippen LogP contribution in [0, 0.1) is 3.70 Å². The Hall–Kier alpha value is -0.390. The summed E-state index contributed by atoms with van der Waals surface area (Å²) in [4.78, 5) is 10.4. The monoisotopic (exact) mass is 264 g/mol. The van der Waals surface area contributed by atoms with Crippen LogP contribution in [0.1, 0.15) is 30.2 Å². The number of aldehydes is 1. The third kappa shape index (κ3) is 1.61. The van der Waals surface area contributed by atoms with Crippen molar-refractivity contribution < 1.29 is 4.79 Å². The van der Waals surface area contributed by atoms with Gasteiger partial charge in [-0.3, -0.25) is 9.48 Å². The molecular formula is C7H9IN2O. The number of rotatable bonds is 2. The molecule has 0 fully saturated rings. The van der Waals surface area contributed by atoms with Crippen molar-refractivity contribution >= 4 is 28.9 Å². The molecule has 1 aromatic heterocycles. The van der Waals surface area contributed by atoms with Crippen molar-refractivity contribution in [3.8, 4) is 0 Å². The maximum absolute atomic E-state index is 10.4. The SMILES string of the molecule is CC(C)n1ncc(C=O)c1I. The van der Waals surface area contributed by atoms with Crippen LogP contribution in [0.3, 0.4) is 0 Å². The van der Waals surface area contributed by atoms with Crippen molar-refractivity contribution in [3.63, 3.8) is 0 Å². The van der Waals surface area contributed by atoms with Gasteiger partial charge in [0.15, 0.2) is 6.29 Å². The first-order valence-corrected chi connectivity index (χ1v) is 4.43. The summed E-state index contributed by atoms with van der Waals surface area (Å²) in [6.07, 6.45) is 2.42. The van der Waals surface area contributed by atoms with E-state index in [-0.39, 0.29) is 0 Å². The average Bonchev–Trinajstić information content (AvgIpc) is 2.30. The van der Waals surface area contributed by atoms with Gasteiger partial charge >= 0.3 is 0 Å². The third-order valence-corrected chi connectivity index (χ3v) is 2.49. The fourth-order valence-electron chi connectivity index (χ4n) is 0.800. The molecule has 0 bridgehead atoms. The van der Waals surface area contributed by atoms with Gasteiger partial charge < -0.3 is 0 Å². The maximum atomic E-state index is 10.4. The van der Waals surface area contributed by atoms with E-state index in [2.05, 4.69) is 27.7 Å².